The van der Waals surface area contributed by atoms with Crippen molar-refractivity contribution < 1.29 is 0 Å². The van der Waals surface area contributed by atoms with Gasteiger partial charge < -0.3 is 0 Å². The molecule has 0 saturated heterocycles. The highest BCUT2D eigenvalue weighted by Crippen LogP contribution is 2.53. The summed E-state index contributed by atoms with van der Waals surface area (Å²) in [5, 5.41) is 0. The van der Waals surface area contributed by atoms with Crippen LogP contribution in [-0.2, 0) is 0 Å². The number of fused-ring (bicyclic) bond motifs is 2. The molecule has 2 rings (SSSR count). The first kappa shape index (κ1) is 12.9. The van der Waals surface area contributed by atoms with Crippen LogP contribution in [0.2, 0.25) is 0 Å². The van der Waals surface area contributed by atoms with Crippen LogP contribution in [0.1, 0.15) is 58.3 Å². The lowest BCUT2D eigenvalue weighted by Gasteiger charge is -2.26. The molecule has 2 saturated carbocycles. The summed E-state index contributed by atoms with van der Waals surface area (Å²) >= 11 is 0. The van der Waals surface area contributed by atoms with Crippen LogP contribution in [-0.4, -0.2) is 0 Å². The van der Waals surface area contributed by atoms with E-state index in [1.54, 1.807) is 0 Å². The minimum absolute atomic E-state index is 0.792. The van der Waals surface area contributed by atoms with E-state index in [0.717, 1.165) is 23.7 Å². The standard InChI is InChI=1S/C17H28/c1-3-5-6-7-8-9-10-17-15-12-11-14(13-15)16(17)4-2/h4,9-10,14-17H,2-3,5-8,11-13H2,1H3/b10-9+. The quantitative estimate of drug-likeness (QED) is 0.409. The number of rotatable bonds is 7. The van der Waals surface area contributed by atoms with Gasteiger partial charge in [-0.3, -0.25) is 0 Å². The molecule has 17 heavy (non-hydrogen) atoms. The van der Waals surface area contributed by atoms with Gasteiger partial charge in [-0.25, -0.2) is 0 Å². The van der Waals surface area contributed by atoms with E-state index in [9.17, 15) is 0 Å². The molecule has 0 heterocycles. The van der Waals surface area contributed by atoms with Gasteiger partial charge in [0.05, 0.1) is 0 Å². The van der Waals surface area contributed by atoms with Crippen LogP contribution in [0.5, 0.6) is 0 Å². The maximum atomic E-state index is 4.05. The van der Waals surface area contributed by atoms with E-state index in [1.165, 1.54) is 51.4 Å². The van der Waals surface area contributed by atoms with Crippen molar-refractivity contribution in [2.45, 2.75) is 58.3 Å². The van der Waals surface area contributed by atoms with Gasteiger partial charge >= 0.3 is 0 Å². The van der Waals surface area contributed by atoms with E-state index in [1.807, 2.05) is 0 Å². The Morgan fingerprint density at radius 1 is 1.06 bits per heavy atom. The van der Waals surface area contributed by atoms with Crippen LogP contribution in [0.15, 0.2) is 24.8 Å². The highest BCUT2D eigenvalue weighted by atomic mass is 14.5. The number of hydrogen-bond donors (Lipinski definition) is 0. The van der Waals surface area contributed by atoms with Crippen LogP contribution in [0.3, 0.4) is 0 Å². The van der Waals surface area contributed by atoms with Crippen LogP contribution in [0, 0.1) is 23.7 Å². The van der Waals surface area contributed by atoms with Crippen molar-refractivity contribution in [1.82, 2.24) is 0 Å². The highest BCUT2D eigenvalue weighted by Gasteiger charge is 2.44. The largest absolute Gasteiger partial charge is 0.103 e. The van der Waals surface area contributed by atoms with Gasteiger partial charge in [0.25, 0.3) is 0 Å². The molecule has 0 N–H and O–H groups in total. The molecule has 0 heteroatoms. The van der Waals surface area contributed by atoms with Gasteiger partial charge in [0.1, 0.15) is 0 Å². The van der Waals surface area contributed by atoms with Crippen LogP contribution in [0.4, 0.5) is 0 Å². The monoisotopic (exact) mass is 232 g/mol. The summed E-state index contributed by atoms with van der Waals surface area (Å²) in [6.07, 6.45) is 18.4. The fourth-order valence-electron chi connectivity index (χ4n) is 3.96. The van der Waals surface area contributed by atoms with Gasteiger partial charge in [-0.2, -0.15) is 0 Å². The number of allylic oxidation sites excluding steroid dienone is 3. The normalized spacial score (nSPS) is 35.8. The van der Waals surface area contributed by atoms with Gasteiger partial charge in [-0.05, 0) is 55.8 Å². The first-order valence-corrected chi connectivity index (χ1v) is 7.66. The predicted octanol–water partition coefficient (Wildman–Crippen LogP) is 5.36. The molecule has 0 aromatic heterocycles. The average Bonchev–Trinajstić information content (AvgIpc) is 2.93. The summed E-state index contributed by atoms with van der Waals surface area (Å²) in [5.41, 5.74) is 0. The molecule has 0 nitrogen and oxygen atoms in total. The van der Waals surface area contributed by atoms with Crippen molar-refractivity contribution in [3.63, 3.8) is 0 Å². The highest BCUT2D eigenvalue weighted by molar-refractivity contribution is 5.09. The summed E-state index contributed by atoms with van der Waals surface area (Å²) in [5.74, 6) is 3.57. The summed E-state index contributed by atoms with van der Waals surface area (Å²) < 4.78 is 0. The molecular formula is C17H28. The summed E-state index contributed by atoms with van der Waals surface area (Å²) in [6, 6.07) is 0. The van der Waals surface area contributed by atoms with Gasteiger partial charge in [-0.15, -0.1) is 6.58 Å². The minimum Gasteiger partial charge on any atom is -0.103 e. The Kier molecular flexibility index (Phi) is 4.88. The fraction of sp³-hybridized carbons (Fsp3) is 0.765. The molecule has 2 aliphatic rings. The third-order valence-electron chi connectivity index (χ3n) is 4.90. The van der Waals surface area contributed by atoms with Crippen molar-refractivity contribution in [2.24, 2.45) is 23.7 Å². The molecule has 2 aliphatic carbocycles. The average molecular weight is 232 g/mol. The van der Waals surface area contributed by atoms with Gasteiger partial charge in [-0.1, -0.05) is 44.4 Å². The summed E-state index contributed by atoms with van der Waals surface area (Å²) in [4.78, 5) is 0. The van der Waals surface area contributed by atoms with Crippen molar-refractivity contribution in [3.8, 4) is 0 Å². The molecule has 0 aromatic rings. The van der Waals surface area contributed by atoms with Crippen LogP contribution >= 0.6 is 0 Å². The second-order valence-corrected chi connectivity index (χ2v) is 6.00. The maximum Gasteiger partial charge on any atom is -0.0139 e. The predicted molar refractivity (Wildman–Crippen MR) is 75.9 cm³/mol. The van der Waals surface area contributed by atoms with Gasteiger partial charge in [0.15, 0.2) is 0 Å². The Morgan fingerprint density at radius 3 is 2.53 bits per heavy atom. The SMILES string of the molecule is C=CC1C2CCC(C2)C1/C=C/CCCCCC. The molecule has 2 bridgehead atoms. The zero-order chi connectivity index (χ0) is 12.1. The molecule has 0 amide bonds. The van der Waals surface area contributed by atoms with Crippen molar-refractivity contribution in [3.05, 3.63) is 24.8 Å². The molecule has 0 aliphatic heterocycles. The topological polar surface area (TPSA) is 0 Å². The lowest BCUT2D eigenvalue weighted by atomic mass is 9.79. The van der Waals surface area contributed by atoms with Crippen LogP contribution in [0.25, 0.3) is 0 Å². The lowest BCUT2D eigenvalue weighted by Crippen LogP contribution is -2.18. The van der Waals surface area contributed by atoms with E-state index in [0.29, 0.717) is 0 Å². The lowest BCUT2D eigenvalue weighted by molar-refractivity contribution is 0.318. The Bertz CT molecular complexity index is 263. The number of hydrogen-bond acceptors (Lipinski definition) is 0. The minimum atomic E-state index is 0.792. The zero-order valence-corrected chi connectivity index (χ0v) is 11.4. The van der Waals surface area contributed by atoms with E-state index in [-0.39, 0.29) is 0 Å². The maximum absolute atomic E-state index is 4.05. The van der Waals surface area contributed by atoms with E-state index in [4.69, 9.17) is 0 Å². The van der Waals surface area contributed by atoms with Crippen LogP contribution < -0.4 is 0 Å². The van der Waals surface area contributed by atoms with E-state index < -0.39 is 0 Å². The molecular weight excluding hydrogens is 204 g/mol. The van der Waals surface area contributed by atoms with Crippen molar-refractivity contribution in [1.29, 1.82) is 0 Å². The number of unbranched alkanes of at least 4 members (excludes halogenated alkanes) is 4. The second kappa shape index (κ2) is 6.42. The smallest absolute Gasteiger partial charge is 0.0139 e. The Morgan fingerprint density at radius 2 is 1.82 bits per heavy atom. The van der Waals surface area contributed by atoms with E-state index in [2.05, 4.69) is 31.7 Å². The summed E-state index contributed by atoms with van der Waals surface area (Å²) in [6.45, 7) is 6.32. The summed E-state index contributed by atoms with van der Waals surface area (Å²) in [7, 11) is 0. The van der Waals surface area contributed by atoms with E-state index >= 15 is 0 Å². The van der Waals surface area contributed by atoms with Crippen molar-refractivity contribution in [2.75, 3.05) is 0 Å². The molecule has 2 fully saturated rings. The Balaban J connectivity index is 1.74. The molecule has 0 radical (unpaired) electrons. The van der Waals surface area contributed by atoms with Gasteiger partial charge in [0.2, 0.25) is 0 Å². The molecule has 0 spiro atoms. The zero-order valence-electron chi connectivity index (χ0n) is 11.4. The molecule has 4 atom stereocenters. The fourth-order valence-corrected chi connectivity index (χ4v) is 3.96. The molecule has 96 valence electrons. The third kappa shape index (κ3) is 3.03. The van der Waals surface area contributed by atoms with Crippen molar-refractivity contribution >= 4 is 0 Å². The van der Waals surface area contributed by atoms with Gasteiger partial charge in [0, 0.05) is 0 Å². The third-order valence-corrected chi connectivity index (χ3v) is 4.90. The second-order valence-electron chi connectivity index (χ2n) is 6.00. The molecule has 0 aromatic carbocycles. The first-order valence-electron chi connectivity index (χ1n) is 7.66. The Labute approximate surface area is 107 Å². The first-order chi connectivity index (χ1) is 8.36. The Hall–Kier alpha value is -0.520. The molecule has 4 unspecified atom stereocenters.